The topological polar surface area (TPSA) is 96.2 Å². The molecular weight excluding hydrogens is 408 g/mol. The minimum atomic E-state index is -1.22. The number of carbonyl (C=O) groups excluding carboxylic acids is 1. The molecule has 6 nitrogen and oxygen atoms in total. The Morgan fingerprint density at radius 2 is 1.22 bits per heavy atom. The highest BCUT2D eigenvalue weighted by Crippen LogP contribution is 2.20. The van der Waals surface area contributed by atoms with E-state index in [4.69, 9.17) is 9.47 Å². The van der Waals surface area contributed by atoms with Crippen molar-refractivity contribution in [2.75, 3.05) is 13.2 Å². The van der Waals surface area contributed by atoms with Crippen LogP contribution in [0.5, 0.6) is 0 Å². The number of ether oxygens (including phenoxy) is 2. The summed E-state index contributed by atoms with van der Waals surface area (Å²) in [5, 5.41) is 28.9. The molecule has 0 amide bonds. The molecule has 1 fully saturated rings. The van der Waals surface area contributed by atoms with Crippen LogP contribution < -0.4 is 0 Å². The second-order valence-corrected chi connectivity index (χ2v) is 9.47. The minimum Gasteiger partial charge on any atom is -0.457 e. The molecule has 0 aromatic rings. The van der Waals surface area contributed by atoms with Gasteiger partial charge in [-0.3, -0.25) is 4.79 Å². The number of aliphatic hydroxyl groups excluding tert-OH is 3. The van der Waals surface area contributed by atoms with E-state index in [0.717, 1.165) is 19.3 Å². The molecule has 0 aromatic heterocycles. The number of carbonyl (C=O) groups is 1. The molecule has 1 aliphatic heterocycles. The fourth-order valence-electron chi connectivity index (χ4n) is 4.36. The third-order valence-electron chi connectivity index (χ3n) is 6.51. The van der Waals surface area contributed by atoms with E-state index in [9.17, 15) is 20.1 Å². The molecule has 0 aromatic carbocycles. The van der Waals surface area contributed by atoms with E-state index in [1.54, 1.807) is 0 Å². The van der Waals surface area contributed by atoms with E-state index >= 15 is 0 Å². The van der Waals surface area contributed by atoms with Gasteiger partial charge in [-0.25, -0.2) is 0 Å². The van der Waals surface area contributed by atoms with Crippen LogP contribution in [0.1, 0.15) is 122 Å². The average Bonchev–Trinajstić information content (AvgIpc) is 2.79. The van der Waals surface area contributed by atoms with E-state index < -0.39 is 30.4 Å². The Morgan fingerprint density at radius 1 is 0.781 bits per heavy atom. The van der Waals surface area contributed by atoms with Gasteiger partial charge in [0.05, 0.1) is 13.2 Å². The maximum Gasteiger partial charge on any atom is 0.306 e. The number of aliphatic hydroxyl groups is 3. The lowest BCUT2D eigenvalue weighted by atomic mass is 10.00. The largest absolute Gasteiger partial charge is 0.457 e. The lowest BCUT2D eigenvalue weighted by molar-refractivity contribution is -0.213. The van der Waals surface area contributed by atoms with E-state index in [1.165, 1.54) is 89.9 Å². The summed E-state index contributed by atoms with van der Waals surface area (Å²) in [6.07, 6.45) is 18.1. The summed E-state index contributed by atoms with van der Waals surface area (Å²) in [6, 6.07) is 0. The molecular formula is C26H50O6. The Morgan fingerprint density at radius 3 is 1.66 bits per heavy atom. The normalized spacial score (nSPS) is 23.4. The van der Waals surface area contributed by atoms with Gasteiger partial charge in [0.15, 0.2) is 6.10 Å². The van der Waals surface area contributed by atoms with Crippen LogP contribution in [0.2, 0.25) is 0 Å². The van der Waals surface area contributed by atoms with Gasteiger partial charge in [-0.15, -0.1) is 0 Å². The molecule has 0 spiro atoms. The zero-order valence-electron chi connectivity index (χ0n) is 20.5. The van der Waals surface area contributed by atoms with Crippen molar-refractivity contribution < 1.29 is 29.6 Å². The third kappa shape index (κ3) is 13.8. The van der Waals surface area contributed by atoms with E-state index in [0.29, 0.717) is 0 Å². The highest BCUT2D eigenvalue weighted by molar-refractivity contribution is 5.69. The van der Waals surface area contributed by atoms with Crippen molar-refractivity contribution in [3.05, 3.63) is 0 Å². The van der Waals surface area contributed by atoms with Crippen molar-refractivity contribution in [1.29, 1.82) is 0 Å². The third-order valence-corrected chi connectivity index (χ3v) is 6.51. The summed E-state index contributed by atoms with van der Waals surface area (Å²) < 4.78 is 10.5. The molecule has 32 heavy (non-hydrogen) atoms. The Kier molecular flexibility index (Phi) is 18.1. The summed E-state index contributed by atoms with van der Waals surface area (Å²) in [5.41, 5.74) is 0. The van der Waals surface area contributed by atoms with Crippen molar-refractivity contribution in [3.8, 4) is 0 Å². The number of hydrogen-bond donors (Lipinski definition) is 3. The van der Waals surface area contributed by atoms with E-state index in [-0.39, 0.29) is 19.6 Å². The fraction of sp³-hybridized carbons (Fsp3) is 0.962. The van der Waals surface area contributed by atoms with Crippen LogP contribution in [-0.2, 0) is 14.3 Å². The molecule has 0 radical (unpaired) electrons. The molecule has 0 unspecified atom stereocenters. The van der Waals surface area contributed by atoms with Gasteiger partial charge in [0.1, 0.15) is 18.3 Å². The SMILES string of the molecule is CCCCCCCCCCCCCCCCCCCC(=O)O[C@H]1[C@H](O)[C@H](O)CO[C@@H]1CO. The molecule has 0 bridgehead atoms. The maximum atomic E-state index is 12.0. The first kappa shape index (κ1) is 29.3. The number of unbranched alkanes of at least 4 members (excludes halogenated alkanes) is 16. The first-order chi connectivity index (χ1) is 15.6. The van der Waals surface area contributed by atoms with Gasteiger partial charge in [0, 0.05) is 6.42 Å². The molecule has 1 rings (SSSR count). The van der Waals surface area contributed by atoms with Crippen LogP contribution in [0.25, 0.3) is 0 Å². The van der Waals surface area contributed by atoms with Crippen molar-refractivity contribution in [3.63, 3.8) is 0 Å². The number of rotatable bonds is 20. The van der Waals surface area contributed by atoms with Gasteiger partial charge in [0.2, 0.25) is 0 Å². The predicted molar refractivity (Wildman–Crippen MR) is 127 cm³/mol. The molecule has 6 heteroatoms. The van der Waals surface area contributed by atoms with Crippen LogP contribution in [-0.4, -0.2) is 58.9 Å². The van der Waals surface area contributed by atoms with Crippen LogP contribution in [0, 0.1) is 0 Å². The zero-order chi connectivity index (χ0) is 23.4. The summed E-state index contributed by atoms with van der Waals surface area (Å²) in [5.74, 6) is -0.411. The summed E-state index contributed by atoms with van der Waals surface area (Å²) >= 11 is 0. The van der Waals surface area contributed by atoms with Gasteiger partial charge >= 0.3 is 5.97 Å². The monoisotopic (exact) mass is 458 g/mol. The molecule has 1 heterocycles. The van der Waals surface area contributed by atoms with Crippen LogP contribution in [0.3, 0.4) is 0 Å². The van der Waals surface area contributed by atoms with Crippen molar-refractivity contribution in [2.45, 2.75) is 147 Å². The Bertz CT molecular complexity index is 442. The standard InChI is InChI=1S/C26H50O6/c1-2-3-4-5-6-7-8-9-10-11-12-13-14-15-16-17-18-19-24(29)32-26-23(20-27)31-21-22(28)25(26)30/h22-23,25-28,30H,2-21H2,1H3/t22-,23-,25-,26-/m1/s1. The predicted octanol–water partition coefficient (Wildman–Crippen LogP) is 5.05. The van der Waals surface area contributed by atoms with E-state index in [1.807, 2.05) is 0 Å². The number of hydrogen-bond acceptors (Lipinski definition) is 6. The second kappa shape index (κ2) is 19.7. The Hall–Kier alpha value is -0.690. The Labute approximate surface area is 196 Å². The van der Waals surface area contributed by atoms with Crippen molar-refractivity contribution in [1.82, 2.24) is 0 Å². The fourth-order valence-corrected chi connectivity index (χ4v) is 4.36. The van der Waals surface area contributed by atoms with Crippen molar-refractivity contribution >= 4 is 5.97 Å². The Balaban J connectivity index is 1.88. The highest BCUT2D eigenvalue weighted by atomic mass is 16.6. The lowest BCUT2D eigenvalue weighted by Crippen LogP contribution is -2.55. The first-order valence-corrected chi connectivity index (χ1v) is 13.4. The molecule has 1 aliphatic rings. The molecule has 190 valence electrons. The number of esters is 1. The average molecular weight is 459 g/mol. The van der Waals surface area contributed by atoms with Crippen LogP contribution in [0.15, 0.2) is 0 Å². The summed E-state index contributed by atoms with van der Waals surface area (Å²) in [7, 11) is 0. The lowest BCUT2D eigenvalue weighted by Gasteiger charge is -2.36. The highest BCUT2D eigenvalue weighted by Gasteiger charge is 2.41. The molecule has 0 saturated carbocycles. The zero-order valence-corrected chi connectivity index (χ0v) is 20.5. The van der Waals surface area contributed by atoms with Crippen LogP contribution >= 0.6 is 0 Å². The van der Waals surface area contributed by atoms with Gasteiger partial charge in [0.25, 0.3) is 0 Å². The molecule has 0 aliphatic carbocycles. The van der Waals surface area contributed by atoms with Crippen LogP contribution in [0.4, 0.5) is 0 Å². The summed E-state index contributed by atoms with van der Waals surface area (Å²) in [6.45, 7) is 1.84. The van der Waals surface area contributed by atoms with Gasteiger partial charge in [-0.2, -0.15) is 0 Å². The van der Waals surface area contributed by atoms with Crippen molar-refractivity contribution in [2.24, 2.45) is 0 Å². The quantitative estimate of drug-likeness (QED) is 0.174. The molecule has 3 N–H and O–H groups in total. The van der Waals surface area contributed by atoms with Gasteiger partial charge in [-0.05, 0) is 6.42 Å². The minimum absolute atomic E-state index is 0.0698. The smallest absolute Gasteiger partial charge is 0.306 e. The summed E-state index contributed by atoms with van der Waals surface area (Å²) in [4.78, 5) is 12.0. The first-order valence-electron chi connectivity index (χ1n) is 13.4. The van der Waals surface area contributed by atoms with Gasteiger partial charge < -0.3 is 24.8 Å². The second-order valence-electron chi connectivity index (χ2n) is 9.47. The maximum absolute atomic E-state index is 12.0. The molecule has 4 atom stereocenters. The van der Waals surface area contributed by atoms with E-state index in [2.05, 4.69) is 6.92 Å². The van der Waals surface area contributed by atoms with Gasteiger partial charge in [-0.1, -0.05) is 110 Å². The molecule has 1 saturated heterocycles.